The van der Waals surface area contributed by atoms with Crippen LogP contribution >= 0.6 is 0 Å². The molecule has 0 unspecified atom stereocenters. The highest BCUT2D eigenvalue weighted by Gasteiger charge is 2.20. The third-order valence-corrected chi connectivity index (χ3v) is 0.933. The van der Waals surface area contributed by atoms with Crippen molar-refractivity contribution in [3.05, 3.63) is 0 Å². The van der Waals surface area contributed by atoms with Crippen LogP contribution in [-0.4, -0.2) is 29.1 Å². The largest absolute Gasteiger partial charge is 0.508 e. The first kappa shape index (κ1) is 12.2. The lowest BCUT2D eigenvalue weighted by atomic mass is 10.2. The van der Waals surface area contributed by atoms with Crippen LogP contribution in [-0.2, 0) is 9.47 Å². The van der Waals surface area contributed by atoms with E-state index in [0.717, 1.165) is 0 Å². The van der Waals surface area contributed by atoms with Crippen molar-refractivity contribution < 1.29 is 19.4 Å². The summed E-state index contributed by atoms with van der Waals surface area (Å²) in [6, 6.07) is 0. The van der Waals surface area contributed by atoms with Crippen LogP contribution in [0.15, 0.2) is 0 Å². The van der Waals surface area contributed by atoms with Gasteiger partial charge >= 0.3 is 6.16 Å². The summed E-state index contributed by atoms with van der Waals surface area (Å²) in [6.45, 7) is 8.28. The molecule has 0 aliphatic rings. The molecule has 13 heavy (non-hydrogen) atoms. The van der Waals surface area contributed by atoms with Crippen molar-refractivity contribution in [3.63, 3.8) is 0 Å². The maximum Gasteiger partial charge on any atom is 0.508 e. The molecule has 0 aliphatic heterocycles. The lowest BCUT2D eigenvalue weighted by Gasteiger charge is -2.21. The molecule has 1 N–H and O–H groups in total. The van der Waals surface area contributed by atoms with Crippen LogP contribution in [0, 0.1) is 0 Å². The second-order valence-electron chi connectivity index (χ2n) is 4.57. The molecule has 4 nitrogen and oxygen atoms in total. The molecule has 0 amide bonds. The second kappa shape index (κ2) is 3.96. The van der Waals surface area contributed by atoms with Crippen LogP contribution in [0.4, 0.5) is 4.79 Å². The molecule has 0 atom stereocenters. The SMILES string of the molecule is CC(C)(O)COC(=O)OC(C)(C)C. The first-order valence-electron chi connectivity index (χ1n) is 4.18. The molecule has 0 rings (SSSR count). The lowest BCUT2D eigenvalue weighted by molar-refractivity contribution is -0.0465. The number of ether oxygens (including phenoxy) is 2. The summed E-state index contributed by atoms with van der Waals surface area (Å²) in [6.07, 6.45) is -0.755. The fraction of sp³-hybridized carbons (Fsp3) is 0.889. The van der Waals surface area contributed by atoms with Crippen LogP contribution in [0.5, 0.6) is 0 Å². The van der Waals surface area contributed by atoms with Crippen molar-refractivity contribution in [2.24, 2.45) is 0 Å². The zero-order valence-electron chi connectivity index (χ0n) is 8.88. The summed E-state index contributed by atoms with van der Waals surface area (Å²) in [7, 11) is 0. The summed E-state index contributed by atoms with van der Waals surface area (Å²) in [5.74, 6) is 0. The van der Waals surface area contributed by atoms with E-state index in [1.165, 1.54) is 0 Å². The number of aliphatic hydroxyl groups is 1. The van der Waals surface area contributed by atoms with Crippen molar-refractivity contribution >= 4 is 6.16 Å². The molecule has 0 bridgehead atoms. The van der Waals surface area contributed by atoms with Crippen molar-refractivity contribution in [1.29, 1.82) is 0 Å². The number of hydrogen-bond donors (Lipinski definition) is 1. The molecule has 0 fully saturated rings. The second-order valence-corrected chi connectivity index (χ2v) is 4.57. The highest BCUT2D eigenvalue weighted by Crippen LogP contribution is 2.09. The Balaban J connectivity index is 3.78. The zero-order chi connectivity index (χ0) is 10.7. The van der Waals surface area contributed by atoms with E-state index in [9.17, 15) is 9.90 Å². The Labute approximate surface area is 78.8 Å². The van der Waals surface area contributed by atoms with Gasteiger partial charge < -0.3 is 14.6 Å². The first-order chi connectivity index (χ1) is 5.60. The molecular weight excluding hydrogens is 172 g/mol. The van der Waals surface area contributed by atoms with E-state index in [2.05, 4.69) is 4.74 Å². The molecule has 4 heteroatoms. The Morgan fingerprint density at radius 2 is 1.69 bits per heavy atom. The van der Waals surface area contributed by atoms with Crippen LogP contribution in [0.3, 0.4) is 0 Å². The standard InChI is InChI=1S/C9H18O4/c1-8(2,3)13-7(10)12-6-9(4,5)11/h11H,6H2,1-5H3. The number of carbonyl (C=O) groups is 1. The van der Waals surface area contributed by atoms with Gasteiger partial charge in [-0.3, -0.25) is 0 Å². The third kappa shape index (κ3) is 9.14. The molecule has 0 aromatic carbocycles. The first-order valence-corrected chi connectivity index (χ1v) is 4.18. The molecule has 0 aliphatic carbocycles. The molecule has 0 heterocycles. The van der Waals surface area contributed by atoms with Gasteiger partial charge in [0.1, 0.15) is 12.2 Å². The zero-order valence-corrected chi connectivity index (χ0v) is 8.88. The van der Waals surface area contributed by atoms with Crippen LogP contribution < -0.4 is 0 Å². The van der Waals surface area contributed by atoms with Gasteiger partial charge in [0.2, 0.25) is 0 Å². The quantitative estimate of drug-likeness (QED) is 0.673. The normalized spacial score (nSPS) is 12.5. The van der Waals surface area contributed by atoms with Gasteiger partial charge in [-0.05, 0) is 34.6 Å². The minimum absolute atomic E-state index is 0.0675. The van der Waals surface area contributed by atoms with Gasteiger partial charge in [-0.25, -0.2) is 4.79 Å². The summed E-state index contributed by atoms with van der Waals surface area (Å²) >= 11 is 0. The number of hydrogen-bond acceptors (Lipinski definition) is 4. The van der Waals surface area contributed by atoms with Crippen molar-refractivity contribution in [1.82, 2.24) is 0 Å². The molecular formula is C9H18O4. The van der Waals surface area contributed by atoms with Gasteiger partial charge in [-0.1, -0.05) is 0 Å². The van der Waals surface area contributed by atoms with Gasteiger partial charge in [-0.15, -0.1) is 0 Å². The van der Waals surface area contributed by atoms with Crippen molar-refractivity contribution in [2.45, 2.75) is 45.8 Å². The smallest absolute Gasteiger partial charge is 0.431 e. The van der Waals surface area contributed by atoms with Gasteiger partial charge in [-0.2, -0.15) is 0 Å². The Morgan fingerprint density at radius 3 is 2.00 bits per heavy atom. The van der Waals surface area contributed by atoms with Gasteiger partial charge in [0, 0.05) is 0 Å². The Hall–Kier alpha value is -0.770. The highest BCUT2D eigenvalue weighted by atomic mass is 16.7. The van der Waals surface area contributed by atoms with E-state index in [1.807, 2.05) is 0 Å². The maximum atomic E-state index is 10.9. The molecule has 78 valence electrons. The van der Waals surface area contributed by atoms with Gasteiger partial charge in [0.05, 0.1) is 5.60 Å². The topological polar surface area (TPSA) is 55.8 Å². The molecule has 0 saturated heterocycles. The molecule has 0 aromatic heterocycles. The average Bonchev–Trinajstić information content (AvgIpc) is 1.78. The van der Waals surface area contributed by atoms with E-state index in [0.29, 0.717) is 0 Å². The minimum Gasteiger partial charge on any atom is -0.431 e. The summed E-state index contributed by atoms with van der Waals surface area (Å²) < 4.78 is 9.53. The van der Waals surface area contributed by atoms with Crippen molar-refractivity contribution in [3.8, 4) is 0 Å². The van der Waals surface area contributed by atoms with Crippen molar-refractivity contribution in [2.75, 3.05) is 6.61 Å². The molecule has 0 radical (unpaired) electrons. The maximum absolute atomic E-state index is 10.9. The predicted molar refractivity (Wildman–Crippen MR) is 48.5 cm³/mol. The van der Waals surface area contributed by atoms with Gasteiger partial charge in [0.15, 0.2) is 0 Å². The van der Waals surface area contributed by atoms with E-state index >= 15 is 0 Å². The molecule has 0 saturated carbocycles. The third-order valence-electron chi connectivity index (χ3n) is 0.933. The predicted octanol–water partition coefficient (Wildman–Crippen LogP) is 1.71. The Kier molecular flexibility index (Phi) is 3.72. The summed E-state index contributed by atoms with van der Waals surface area (Å²) in [5.41, 5.74) is -1.58. The molecule has 0 aromatic rings. The van der Waals surface area contributed by atoms with E-state index in [4.69, 9.17) is 4.74 Å². The summed E-state index contributed by atoms with van der Waals surface area (Å²) in [4.78, 5) is 10.9. The average molecular weight is 190 g/mol. The van der Waals surface area contributed by atoms with E-state index < -0.39 is 17.4 Å². The van der Waals surface area contributed by atoms with Crippen LogP contribution in [0.25, 0.3) is 0 Å². The minimum atomic E-state index is -1.02. The fourth-order valence-corrected chi connectivity index (χ4v) is 0.515. The highest BCUT2D eigenvalue weighted by molar-refractivity contribution is 5.60. The van der Waals surface area contributed by atoms with Crippen LogP contribution in [0.1, 0.15) is 34.6 Å². The Bertz CT molecular complexity index is 173. The summed E-state index contributed by atoms with van der Waals surface area (Å²) in [5, 5.41) is 9.23. The fourth-order valence-electron chi connectivity index (χ4n) is 0.515. The van der Waals surface area contributed by atoms with E-state index in [-0.39, 0.29) is 6.61 Å². The lowest BCUT2D eigenvalue weighted by Crippen LogP contribution is -2.31. The number of carbonyl (C=O) groups excluding carboxylic acids is 1. The Morgan fingerprint density at radius 1 is 1.23 bits per heavy atom. The van der Waals surface area contributed by atoms with Crippen LogP contribution in [0.2, 0.25) is 0 Å². The van der Waals surface area contributed by atoms with E-state index in [1.54, 1.807) is 34.6 Å². The number of rotatable bonds is 2. The molecule has 0 spiro atoms. The van der Waals surface area contributed by atoms with Gasteiger partial charge in [0.25, 0.3) is 0 Å². The monoisotopic (exact) mass is 190 g/mol.